The summed E-state index contributed by atoms with van der Waals surface area (Å²) in [6.07, 6.45) is 0. The number of nitrogens with zero attached hydrogens (tertiary/aromatic N) is 1. The van der Waals surface area contributed by atoms with Gasteiger partial charge in [0, 0.05) is 11.4 Å². The third-order valence-corrected chi connectivity index (χ3v) is 6.77. The van der Waals surface area contributed by atoms with E-state index >= 15 is 0 Å². The van der Waals surface area contributed by atoms with Crippen molar-refractivity contribution in [3.05, 3.63) is 77.9 Å². The van der Waals surface area contributed by atoms with Gasteiger partial charge in [0.05, 0.1) is 10.6 Å². The van der Waals surface area contributed by atoms with Gasteiger partial charge in [-0.3, -0.25) is 19.2 Å². The molecule has 4 rings (SSSR count). The molecule has 33 heavy (non-hydrogen) atoms. The molecule has 0 radical (unpaired) electrons. The topological polar surface area (TPSA) is 105 Å². The number of carbonyl (C=O) groups excluding carboxylic acids is 2. The Labute approximate surface area is 192 Å². The molecule has 170 valence electrons. The van der Waals surface area contributed by atoms with Crippen LogP contribution in [0, 0.1) is 13.8 Å². The highest BCUT2D eigenvalue weighted by Crippen LogP contribution is 2.34. The van der Waals surface area contributed by atoms with Crippen LogP contribution >= 0.6 is 0 Å². The fourth-order valence-electron chi connectivity index (χ4n) is 3.46. The van der Waals surface area contributed by atoms with E-state index in [1.54, 1.807) is 36.4 Å². The Morgan fingerprint density at radius 3 is 2.55 bits per heavy atom. The van der Waals surface area contributed by atoms with E-state index in [1.165, 1.54) is 23.1 Å². The highest BCUT2D eigenvalue weighted by molar-refractivity contribution is 7.92. The van der Waals surface area contributed by atoms with E-state index in [0.29, 0.717) is 17.1 Å². The van der Waals surface area contributed by atoms with Crippen LogP contribution in [-0.2, 0) is 19.6 Å². The molecule has 0 saturated heterocycles. The van der Waals surface area contributed by atoms with Crippen LogP contribution in [0.1, 0.15) is 11.1 Å². The molecule has 3 aromatic carbocycles. The maximum atomic E-state index is 12.9. The summed E-state index contributed by atoms with van der Waals surface area (Å²) in [6.45, 7) is 3.32. The molecule has 2 amide bonds. The number of nitrogens with one attached hydrogen (secondary N) is 2. The zero-order chi connectivity index (χ0) is 23.6. The van der Waals surface area contributed by atoms with Crippen molar-refractivity contribution in [3.8, 4) is 5.75 Å². The van der Waals surface area contributed by atoms with E-state index in [0.717, 1.165) is 11.1 Å². The van der Waals surface area contributed by atoms with Gasteiger partial charge in [0.25, 0.3) is 15.9 Å². The number of anilines is 3. The first-order chi connectivity index (χ1) is 15.7. The number of hydrogen-bond donors (Lipinski definition) is 2. The molecule has 0 spiro atoms. The molecular formula is C24H23N3O5S. The van der Waals surface area contributed by atoms with Gasteiger partial charge in [-0.25, -0.2) is 8.42 Å². The highest BCUT2D eigenvalue weighted by atomic mass is 32.2. The summed E-state index contributed by atoms with van der Waals surface area (Å²) in [7, 11) is -3.92. The predicted octanol–water partition coefficient (Wildman–Crippen LogP) is 3.47. The number of amides is 2. The van der Waals surface area contributed by atoms with E-state index in [-0.39, 0.29) is 23.7 Å². The fraction of sp³-hybridized carbons (Fsp3) is 0.167. The first-order valence-electron chi connectivity index (χ1n) is 10.3. The quantitative estimate of drug-likeness (QED) is 0.580. The van der Waals surface area contributed by atoms with Crippen LogP contribution in [0.25, 0.3) is 0 Å². The Balaban J connectivity index is 1.59. The van der Waals surface area contributed by atoms with Crippen molar-refractivity contribution >= 4 is 38.9 Å². The van der Waals surface area contributed by atoms with Gasteiger partial charge >= 0.3 is 0 Å². The molecule has 0 saturated carbocycles. The lowest BCUT2D eigenvalue weighted by atomic mass is 10.1. The fourth-order valence-corrected chi connectivity index (χ4v) is 4.54. The van der Waals surface area contributed by atoms with Crippen LogP contribution in [0.5, 0.6) is 5.75 Å². The van der Waals surface area contributed by atoms with E-state index in [4.69, 9.17) is 4.74 Å². The number of benzene rings is 3. The van der Waals surface area contributed by atoms with E-state index in [1.807, 2.05) is 26.0 Å². The summed E-state index contributed by atoms with van der Waals surface area (Å²) in [5.74, 6) is -0.516. The van der Waals surface area contributed by atoms with Crippen molar-refractivity contribution in [2.24, 2.45) is 0 Å². The molecule has 3 aromatic rings. The van der Waals surface area contributed by atoms with Gasteiger partial charge < -0.3 is 10.1 Å². The number of carbonyl (C=O) groups is 2. The van der Waals surface area contributed by atoms with Crippen molar-refractivity contribution in [1.29, 1.82) is 0 Å². The zero-order valence-corrected chi connectivity index (χ0v) is 19.0. The summed E-state index contributed by atoms with van der Waals surface area (Å²) < 4.78 is 33.7. The van der Waals surface area contributed by atoms with Crippen LogP contribution in [0.15, 0.2) is 71.6 Å². The Bertz CT molecular complexity index is 1320. The molecule has 0 atom stereocenters. The first kappa shape index (κ1) is 22.3. The van der Waals surface area contributed by atoms with E-state index < -0.39 is 21.8 Å². The molecule has 0 aliphatic carbocycles. The lowest BCUT2D eigenvalue weighted by Crippen LogP contribution is -2.43. The smallest absolute Gasteiger partial charge is 0.265 e. The number of aryl methyl sites for hydroxylation is 1. The first-order valence-corrected chi connectivity index (χ1v) is 11.7. The lowest BCUT2D eigenvalue weighted by molar-refractivity contribution is -0.123. The number of sulfonamides is 1. The van der Waals surface area contributed by atoms with Crippen molar-refractivity contribution in [3.63, 3.8) is 0 Å². The molecular weight excluding hydrogens is 442 g/mol. The third-order valence-electron chi connectivity index (χ3n) is 5.39. The number of hydrogen-bond acceptors (Lipinski definition) is 5. The van der Waals surface area contributed by atoms with Gasteiger partial charge in [0.15, 0.2) is 6.61 Å². The second-order valence-electron chi connectivity index (χ2n) is 7.67. The van der Waals surface area contributed by atoms with Crippen LogP contribution < -0.4 is 19.7 Å². The minimum absolute atomic E-state index is 0.0525. The zero-order valence-electron chi connectivity index (χ0n) is 18.2. The predicted molar refractivity (Wildman–Crippen MR) is 126 cm³/mol. The summed E-state index contributed by atoms with van der Waals surface area (Å²) in [4.78, 5) is 26.5. The van der Waals surface area contributed by atoms with Crippen LogP contribution in [-0.4, -0.2) is 33.4 Å². The van der Waals surface area contributed by atoms with Gasteiger partial charge in [-0.15, -0.1) is 0 Å². The second kappa shape index (κ2) is 8.95. The van der Waals surface area contributed by atoms with Crippen LogP contribution in [0.3, 0.4) is 0 Å². The SMILES string of the molecule is Cc1cccc(NC(=O)CN2C(=O)COc3ccc(S(=O)(=O)Nc4ccccc4)cc32)c1C. The summed E-state index contributed by atoms with van der Waals surface area (Å²) >= 11 is 0. The summed E-state index contributed by atoms with van der Waals surface area (Å²) in [6, 6.07) is 18.3. The average molecular weight is 466 g/mol. The molecule has 9 heteroatoms. The maximum absolute atomic E-state index is 12.9. The normalized spacial score (nSPS) is 13.2. The van der Waals surface area contributed by atoms with Gasteiger partial charge in [-0.1, -0.05) is 30.3 Å². The summed E-state index contributed by atoms with van der Waals surface area (Å²) in [5.41, 5.74) is 3.25. The van der Waals surface area contributed by atoms with Crippen molar-refractivity contribution < 1.29 is 22.7 Å². The van der Waals surface area contributed by atoms with Crippen molar-refractivity contribution in [1.82, 2.24) is 0 Å². The Hall–Kier alpha value is -3.85. The van der Waals surface area contributed by atoms with Crippen LogP contribution in [0.2, 0.25) is 0 Å². The number of rotatable bonds is 6. The number of fused-ring (bicyclic) bond motifs is 1. The molecule has 2 N–H and O–H groups in total. The molecule has 1 aliphatic heterocycles. The molecule has 0 fully saturated rings. The van der Waals surface area contributed by atoms with E-state index in [9.17, 15) is 18.0 Å². The van der Waals surface area contributed by atoms with Gasteiger partial charge in [0.1, 0.15) is 12.3 Å². The van der Waals surface area contributed by atoms with E-state index in [2.05, 4.69) is 10.0 Å². The highest BCUT2D eigenvalue weighted by Gasteiger charge is 2.29. The monoisotopic (exact) mass is 465 g/mol. The second-order valence-corrected chi connectivity index (χ2v) is 9.35. The molecule has 0 aromatic heterocycles. The molecule has 0 unspecified atom stereocenters. The molecule has 1 heterocycles. The number of ether oxygens (including phenoxy) is 1. The van der Waals surface area contributed by atoms with Gasteiger partial charge in [0.2, 0.25) is 5.91 Å². The lowest BCUT2D eigenvalue weighted by Gasteiger charge is -2.29. The van der Waals surface area contributed by atoms with Crippen molar-refractivity contribution in [2.75, 3.05) is 28.1 Å². The molecule has 8 nitrogen and oxygen atoms in total. The molecule has 0 bridgehead atoms. The largest absolute Gasteiger partial charge is 0.482 e. The standard InChI is InChI=1S/C24H23N3O5S/c1-16-7-6-10-20(17(16)2)25-23(28)14-27-21-13-19(11-12-22(21)32-15-24(27)29)33(30,31)26-18-8-4-3-5-9-18/h3-13,26H,14-15H2,1-2H3,(H,25,28). The van der Waals surface area contributed by atoms with Crippen molar-refractivity contribution in [2.45, 2.75) is 18.7 Å². The average Bonchev–Trinajstić information content (AvgIpc) is 2.79. The Kier molecular flexibility index (Phi) is 6.06. The number of para-hydroxylation sites is 1. The minimum Gasteiger partial charge on any atom is -0.482 e. The minimum atomic E-state index is -3.92. The van der Waals surface area contributed by atoms with Gasteiger partial charge in [-0.05, 0) is 61.4 Å². The maximum Gasteiger partial charge on any atom is 0.265 e. The third kappa shape index (κ3) is 4.83. The summed E-state index contributed by atoms with van der Waals surface area (Å²) in [5, 5.41) is 2.82. The Morgan fingerprint density at radius 2 is 1.79 bits per heavy atom. The molecule has 1 aliphatic rings. The van der Waals surface area contributed by atoms with Crippen LogP contribution in [0.4, 0.5) is 17.1 Å². The Morgan fingerprint density at radius 1 is 1.03 bits per heavy atom. The van der Waals surface area contributed by atoms with Gasteiger partial charge in [-0.2, -0.15) is 0 Å².